The van der Waals surface area contributed by atoms with Crippen molar-refractivity contribution in [3.05, 3.63) is 0 Å². The fourth-order valence-electron chi connectivity index (χ4n) is 3.77. The molecule has 0 aromatic rings. The lowest BCUT2D eigenvalue weighted by atomic mass is 9.77. The average molecular weight is 252 g/mol. The zero-order valence-corrected chi connectivity index (χ0v) is 12.2. The lowest BCUT2D eigenvalue weighted by Crippen LogP contribution is -2.21. The molecule has 0 aromatic heterocycles. The highest BCUT2D eigenvalue weighted by Crippen LogP contribution is 2.59. The van der Waals surface area contributed by atoms with Crippen molar-refractivity contribution >= 4 is 5.97 Å². The topological polar surface area (TPSA) is 26.3 Å². The molecule has 0 aromatic carbocycles. The van der Waals surface area contributed by atoms with Gasteiger partial charge < -0.3 is 4.74 Å². The van der Waals surface area contributed by atoms with Crippen molar-refractivity contribution in [2.45, 2.75) is 65.7 Å². The Labute approximate surface area is 111 Å². The molecule has 2 rings (SSSR count). The van der Waals surface area contributed by atoms with Crippen LogP contribution in [-0.4, -0.2) is 12.6 Å². The van der Waals surface area contributed by atoms with Crippen LogP contribution in [0.2, 0.25) is 0 Å². The van der Waals surface area contributed by atoms with Gasteiger partial charge in [-0.15, -0.1) is 0 Å². The molecule has 0 amide bonds. The lowest BCUT2D eigenvalue weighted by molar-refractivity contribution is -0.145. The van der Waals surface area contributed by atoms with E-state index in [9.17, 15) is 4.79 Å². The second-order valence-electron chi connectivity index (χ2n) is 6.74. The molecule has 2 nitrogen and oxygen atoms in total. The molecule has 0 bridgehead atoms. The minimum absolute atomic E-state index is 0.0489. The van der Waals surface area contributed by atoms with Gasteiger partial charge in [-0.3, -0.25) is 4.79 Å². The van der Waals surface area contributed by atoms with Gasteiger partial charge in [0.25, 0.3) is 0 Å². The molecule has 2 aliphatic rings. The number of hydrogen-bond donors (Lipinski definition) is 0. The van der Waals surface area contributed by atoms with E-state index in [1.165, 1.54) is 38.5 Å². The molecule has 0 aliphatic heterocycles. The summed E-state index contributed by atoms with van der Waals surface area (Å²) in [5.74, 6) is 2.47. The molecule has 0 spiro atoms. The number of ether oxygens (including phenoxy) is 1. The maximum atomic E-state index is 11.2. The highest BCUT2D eigenvalue weighted by atomic mass is 16.5. The van der Waals surface area contributed by atoms with Crippen LogP contribution >= 0.6 is 0 Å². The van der Waals surface area contributed by atoms with E-state index in [0.29, 0.717) is 13.0 Å². The van der Waals surface area contributed by atoms with Crippen LogP contribution in [0.15, 0.2) is 0 Å². The lowest BCUT2D eigenvalue weighted by Gasteiger charge is -2.29. The first-order valence-corrected chi connectivity index (χ1v) is 7.72. The molecule has 0 N–H and O–H groups in total. The normalized spacial score (nSPS) is 34.1. The van der Waals surface area contributed by atoms with Crippen LogP contribution in [0.5, 0.6) is 0 Å². The first-order valence-electron chi connectivity index (χ1n) is 7.72. The van der Waals surface area contributed by atoms with Gasteiger partial charge in [-0.05, 0) is 24.2 Å². The minimum atomic E-state index is -0.0489. The molecule has 3 unspecified atom stereocenters. The average Bonchev–Trinajstić information content (AvgIpc) is 3.09. The second kappa shape index (κ2) is 5.63. The summed E-state index contributed by atoms with van der Waals surface area (Å²) in [7, 11) is 0. The Morgan fingerprint density at radius 3 is 2.61 bits per heavy atom. The highest BCUT2D eigenvalue weighted by molar-refractivity contribution is 5.68. The molecule has 3 atom stereocenters. The van der Waals surface area contributed by atoms with Gasteiger partial charge in [-0.2, -0.15) is 0 Å². The third-order valence-corrected chi connectivity index (χ3v) is 5.30. The largest absolute Gasteiger partial charge is 0.465 e. The van der Waals surface area contributed by atoms with Crippen molar-refractivity contribution in [2.24, 2.45) is 23.2 Å². The van der Waals surface area contributed by atoms with Gasteiger partial charge in [0.15, 0.2) is 0 Å². The van der Waals surface area contributed by atoms with E-state index in [2.05, 4.69) is 13.8 Å². The van der Waals surface area contributed by atoms with Crippen molar-refractivity contribution in [2.75, 3.05) is 6.61 Å². The van der Waals surface area contributed by atoms with Crippen molar-refractivity contribution < 1.29 is 9.53 Å². The van der Waals surface area contributed by atoms with Gasteiger partial charge in [0.05, 0.1) is 6.61 Å². The van der Waals surface area contributed by atoms with Gasteiger partial charge in [-0.1, -0.05) is 52.9 Å². The van der Waals surface area contributed by atoms with Gasteiger partial charge in [0.1, 0.15) is 0 Å². The SMILES string of the molecule is CCC(=O)OCC1(C)CC1C(C)C1CCCCC1. The summed E-state index contributed by atoms with van der Waals surface area (Å²) in [6.45, 7) is 7.22. The number of carbonyl (C=O) groups is 1. The summed E-state index contributed by atoms with van der Waals surface area (Å²) in [5, 5.41) is 0. The standard InChI is InChI=1S/C16H28O2/c1-4-15(17)18-11-16(3)10-14(16)12(2)13-8-6-5-7-9-13/h12-14H,4-11H2,1-3H3. The monoisotopic (exact) mass is 252 g/mol. The van der Waals surface area contributed by atoms with E-state index < -0.39 is 0 Å². The predicted molar refractivity (Wildman–Crippen MR) is 73.2 cm³/mol. The molecule has 0 saturated heterocycles. The smallest absolute Gasteiger partial charge is 0.305 e. The van der Waals surface area contributed by atoms with Gasteiger partial charge in [0.2, 0.25) is 0 Å². The van der Waals surface area contributed by atoms with Crippen LogP contribution in [0.1, 0.15) is 65.7 Å². The maximum absolute atomic E-state index is 11.2. The summed E-state index contributed by atoms with van der Waals surface area (Å²) >= 11 is 0. The summed E-state index contributed by atoms with van der Waals surface area (Å²) in [4.78, 5) is 11.2. The number of carbonyl (C=O) groups excluding carboxylic acids is 1. The third kappa shape index (κ3) is 3.07. The molecular formula is C16H28O2. The van der Waals surface area contributed by atoms with Crippen LogP contribution in [0.4, 0.5) is 0 Å². The first kappa shape index (κ1) is 13.9. The van der Waals surface area contributed by atoms with Crippen molar-refractivity contribution in [3.8, 4) is 0 Å². The Morgan fingerprint density at radius 2 is 2.00 bits per heavy atom. The van der Waals surface area contributed by atoms with Crippen LogP contribution in [0.3, 0.4) is 0 Å². The molecule has 2 heteroatoms. The Balaban J connectivity index is 1.79. The van der Waals surface area contributed by atoms with E-state index in [1.807, 2.05) is 6.92 Å². The highest BCUT2D eigenvalue weighted by Gasteiger charge is 2.54. The third-order valence-electron chi connectivity index (χ3n) is 5.30. The quantitative estimate of drug-likeness (QED) is 0.686. The maximum Gasteiger partial charge on any atom is 0.305 e. The fraction of sp³-hybridized carbons (Fsp3) is 0.938. The Hall–Kier alpha value is -0.530. The first-order chi connectivity index (χ1) is 8.57. The van der Waals surface area contributed by atoms with E-state index in [1.54, 1.807) is 0 Å². The van der Waals surface area contributed by atoms with Crippen molar-refractivity contribution in [1.29, 1.82) is 0 Å². The number of esters is 1. The van der Waals surface area contributed by atoms with Crippen LogP contribution < -0.4 is 0 Å². The molecule has 0 heterocycles. The van der Waals surface area contributed by atoms with Crippen LogP contribution in [0, 0.1) is 23.2 Å². The molecule has 2 aliphatic carbocycles. The Morgan fingerprint density at radius 1 is 1.33 bits per heavy atom. The van der Waals surface area contributed by atoms with Crippen LogP contribution in [-0.2, 0) is 9.53 Å². The van der Waals surface area contributed by atoms with Crippen molar-refractivity contribution in [1.82, 2.24) is 0 Å². The fourth-order valence-corrected chi connectivity index (χ4v) is 3.77. The summed E-state index contributed by atoms with van der Waals surface area (Å²) in [6.07, 6.45) is 8.86. The number of hydrogen-bond acceptors (Lipinski definition) is 2. The van der Waals surface area contributed by atoms with Crippen LogP contribution in [0.25, 0.3) is 0 Å². The Kier molecular flexibility index (Phi) is 4.34. The molecule has 2 saturated carbocycles. The van der Waals surface area contributed by atoms with E-state index in [0.717, 1.165) is 17.8 Å². The van der Waals surface area contributed by atoms with E-state index >= 15 is 0 Å². The van der Waals surface area contributed by atoms with Gasteiger partial charge in [0, 0.05) is 11.8 Å². The summed E-state index contributed by atoms with van der Waals surface area (Å²) < 4.78 is 5.35. The van der Waals surface area contributed by atoms with Gasteiger partial charge >= 0.3 is 5.97 Å². The molecule has 2 fully saturated rings. The molecule has 0 radical (unpaired) electrons. The predicted octanol–water partition coefficient (Wildman–Crippen LogP) is 4.18. The van der Waals surface area contributed by atoms with E-state index in [4.69, 9.17) is 4.74 Å². The summed E-state index contributed by atoms with van der Waals surface area (Å²) in [6, 6.07) is 0. The summed E-state index contributed by atoms with van der Waals surface area (Å²) in [5.41, 5.74) is 0.279. The Bertz CT molecular complexity index is 293. The minimum Gasteiger partial charge on any atom is -0.465 e. The van der Waals surface area contributed by atoms with Crippen molar-refractivity contribution in [3.63, 3.8) is 0 Å². The molecule has 104 valence electrons. The van der Waals surface area contributed by atoms with E-state index in [-0.39, 0.29) is 11.4 Å². The molecule has 18 heavy (non-hydrogen) atoms. The zero-order chi connectivity index (χ0) is 13.2. The molecular weight excluding hydrogens is 224 g/mol. The van der Waals surface area contributed by atoms with Gasteiger partial charge in [-0.25, -0.2) is 0 Å². The second-order valence-corrected chi connectivity index (χ2v) is 6.74. The number of rotatable bonds is 5. The zero-order valence-electron chi connectivity index (χ0n) is 12.2.